The van der Waals surface area contributed by atoms with E-state index in [1.807, 2.05) is 13.0 Å². The van der Waals surface area contributed by atoms with Gasteiger partial charge in [-0.25, -0.2) is 0 Å². The normalized spacial score (nSPS) is 25.0. The fourth-order valence-electron chi connectivity index (χ4n) is 1.86. The molecule has 1 aliphatic rings. The van der Waals surface area contributed by atoms with Gasteiger partial charge in [-0.1, -0.05) is 13.8 Å². The minimum atomic E-state index is -0.427. The van der Waals surface area contributed by atoms with Gasteiger partial charge in [0.15, 0.2) is 0 Å². The molecule has 2 heterocycles. The summed E-state index contributed by atoms with van der Waals surface area (Å²) >= 11 is 0. The van der Waals surface area contributed by atoms with Gasteiger partial charge in [0.1, 0.15) is 0 Å². The van der Waals surface area contributed by atoms with Crippen LogP contribution < -0.4 is 5.32 Å². The first-order valence-corrected chi connectivity index (χ1v) is 4.82. The monoisotopic (exact) mass is 190 g/mol. The summed E-state index contributed by atoms with van der Waals surface area (Å²) < 4.78 is 0. The van der Waals surface area contributed by atoms with Crippen LogP contribution in [0.15, 0.2) is 18.5 Å². The quantitative estimate of drug-likeness (QED) is 0.735. The molecule has 0 bridgehead atoms. The van der Waals surface area contributed by atoms with Crippen molar-refractivity contribution in [1.29, 1.82) is 0 Å². The van der Waals surface area contributed by atoms with Crippen molar-refractivity contribution in [2.24, 2.45) is 5.92 Å². The molecule has 3 nitrogen and oxygen atoms in total. The van der Waals surface area contributed by atoms with Crippen LogP contribution in [0.25, 0.3) is 0 Å². The van der Waals surface area contributed by atoms with E-state index in [0.717, 1.165) is 11.3 Å². The van der Waals surface area contributed by atoms with Crippen molar-refractivity contribution in [3.05, 3.63) is 24.0 Å². The maximum absolute atomic E-state index is 11.9. The third kappa shape index (κ3) is 0.983. The number of nitrogens with one attached hydrogen (secondary N) is 1. The highest BCUT2D eigenvalue weighted by Crippen LogP contribution is 2.41. The Kier molecular flexibility index (Phi) is 1.84. The summed E-state index contributed by atoms with van der Waals surface area (Å²) in [6, 6.07) is 1.85. The van der Waals surface area contributed by atoms with Crippen molar-refractivity contribution < 1.29 is 4.79 Å². The Balaban J connectivity index is 2.60. The van der Waals surface area contributed by atoms with Crippen LogP contribution in [0.3, 0.4) is 0 Å². The molecule has 3 heteroatoms. The zero-order valence-corrected chi connectivity index (χ0v) is 8.66. The van der Waals surface area contributed by atoms with Gasteiger partial charge in [-0.2, -0.15) is 0 Å². The van der Waals surface area contributed by atoms with Gasteiger partial charge in [0.05, 0.1) is 5.41 Å². The van der Waals surface area contributed by atoms with Crippen molar-refractivity contribution >= 4 is 11.6 Å². The van der Waals surface area contributed by atoms with Crippen LogP contribution in [0.2, 0.25) is 0 Å². The van der Waals surface area contributed by atoms with Gasteiger partial charge >= 0.3 is 0 Å². The van der Waals surface area contributed by atoms with Crippen LogP contribution in [0.4, 0.5) is 5.69 Å². The van der Waals surface area contributed by atoms with E-state index in [1.54, 1.807) is 12.4 Å². The van der Waals surface area contributed by atoms with Crippen molar-refractivity contribution in [1.82, 2.24) is 4.98 Å². The minimum Gasteiger partial charge on any atom is -0.325 e. The molecule has 1 aromatic heterocycles. The van der Waals surface area contributed by atoms with Crippen molar-refractivity contribution in [2.45, 2.75) is 26.2 Å². The molecule has 0 spiro atoms. The summed E-state index contributed by atoms with van der Waals surface area (Å²) in [5.41, 5.74) is 1.49. The van der Waals surface area contributed by atoms with E-state index >= 15 is 0 Å². The van der Waals surface area contributed by atoms with E-state index in [9.17, 15) is 4.79 Å². The molecular formula is C11H14N2O. The van der Waals surface area contributed by atoms with Gasteiger partial charge in [0.25, 0.3) is 0 Å². The molecular weight excluding hydrogens is 176 g/mol. The number of carbonyl (C=O) groups excluding carboxylic acids is 1. The molecule has 1 atom stereocenters. The van der Waals surface area contributed by atoms with Crippen LogP contribution in [0.1, 0.15) is 26.3 Å². The standard InChI is InChI=1S/C11H14N2O/c1-7(2)11(3)8-6-12-5-4-9(8)13-10(11)14/h4-7H,1-3H3,(H,13,14). The molecule has 2 rings (SSSR count). The lowest BCUT2D eigenvalue weighted by atomic mass is 9.75. The Morgan fingerprint density at radius 3 is 2.86 bits per heavy atom. The molecule has 1 unspecified atom stereocenters. The fraction of sp³-hybridized carbons (Fsp3) is 0.455. The van der Waals surface area contributed by atoms with Gasteiger partial charge in [-0.3, -0.25) is 9.78 Å². The van der Waals surface area contributed by atoms with Gasteiger partial charge in [-0.05, 0) is 18.9 Å². The smallest absolute Gasteiger partial charge is 0.235 e. The lowest BCUT2D eigenvalue weighted by Gasteiger charge is -2.26. The molecule has 0 fully saturated rings. The number of aromatic nitrogens is 1. The molecule has 0 aromatic carbocycles. The van der Waals surface area contributed by atoms with Crippen molar-refractivity contribution in [2.75, 3.05) is 5.32 Å². The van der Waals surface area contributed by atoms with Gasteiger partial charge in [0, 0.05) is 23.6 Å². The largest absolute Gasteiger partial charge is 0.325 e. The highest BCUT2D eigenvalue weighted by molar-refractivity contribution is 6.05. The second kappa shape index (κ2) is 2.80. The minimum absolute atomic E-state index is 0.0792. The molecule has 74 valence electrons. The Bertz CT molecular complexity index is 387. The maximum atomic E-state index is 11.9. The summed E-state index contributed by atoms with van der Waals surface area (Å²) in [6.45, 7) is 6.09. The molecule has 0 saturated carbocycles. The summed E-state index contributed by atoms with van der Waals surface area (Å²) in [6.07, 6.45) is 3.48. The molecule has 14 heavy (non-hydrogen) atoms. The van der Waals surface area contributed by atoms with Crippen LogP contribution in [0, 0.1) is 5.92 Å². The first-order valence-electron chi connectivity index (χ1n) is 4.82. The number of rotatable bonds is 1. The number of hydrogen-bond donors (Lipinski definition) is 1. The predicted octanol–water partition coefficient (Wildman–Crippen LogP) is 1.95. The Hall–Kier alpha value is -1.38. The summed E-state index contributed by atoms with van der Waals surface area (Å²) in [4.78, 5) is 15.9. The number of nitrogens with zero attached hydrogens (tertiary/aromatic N) is 1. The van der Waals surface area contributed by atoms with Gasteiger partial charge in [0.2, 0.25) is 5.91 Å². The topological polar surface area (TPSA) is 42.0 Å². The van der Waals surface area contributed by atoms with Crippen LogP contribution in [-0.2, 0) is 10.2 Å². The fourth-order valence-corrected chi connectivity index (χ4v) is 1.86. The highest BCUT2D eigenvalue weighted by atomic mass is 16.2. The maximum Gasteiger partial charge on any atom is 0.235 e. The highest BCUT2D eigenvalue weighted by Gasteiger charge is 2.45. The number of carbonyl (C=O) groups is 1. The van der Waals surface area contributed by atoms with Crippen LogP contribution in [0.5, 0.6) is 0 Å². The predicted molar refractivity (Wildman–Crippen MR) is 55.1 cm³/mol. The van der Waals surface area contributed by atoms with Crippen molar-refractivity contribution in [3.8, 4) is 0 Å². The summed E-state index contributed by atoms with van der Waals surface area (Å²) in [7, 11) is 0. The zero-order chi connectivity index (χ0) is 10.3. The van der Waals surface area contributed by atoms with Crippen LogP contribution >= 0.6 is 0 Å². The molecule has 0 radical (unpaired) electrons. The van der Waals surface area contributed by atoms with Crippen LogP contribution in [-0.4, -0.2) is 10.9 Å². The lowest BCUT2D eigenvalue weighted by Crippen LogP contribution is -2.36. The van der Waals surface area contributed by atoms with E-state index in [2.05, 4.69) is 24.1 Å². The average Bonchev–Trinajstić information content (AvgIpc) is 2.41. The van der Waals surface area contributed by atoms with E-state index in [4.69, 9.17) is 0 Å². The molecule has 1 amide bonds. The lowest BCUT2D eigenvalue weighted by molar-refractivity contribution is -0.121. The third-order valence-corrected chi connectivity index (χ3v) is 3.26. The molecule has 1 N–H and O–H groups in total. The third-order valence-electron chi connectivity index (χ3n) is 3.26. The number of pyridine rings is 1. The Morgan fingerprint density at radius 2 is 2.21 bits per heavy atom. The second-order valence-corrected chi connectivity index (χ2v) is 4.23. The molecule has 1 aromatic rings. The molecule has 1 aliphatic heterocycles. The van der Waals surface area contributed by atoms with E-state index in [1.165, 1.54) is 0 Å². The first kappa shape index (κ1) is 9.19. The second-order valence-electron chi connectivity index (χ2n) is 4.23. The van der Waals surface area contributed by atoms with Gasteiger partial charge < -0.3 is 5.32 Å². The zero-order valence-electron chi connectivity index (χ0n) is 8.66. The summed E-state index contributed by atoms with van der Waals surface area (Å²) in [5.74, 6) is 0.350. The van der Waals surface area contributed by atoms with Crippen molar-refractivity contribution in [3.63, 3.8) is 0 Å². The number of anilines is 1. The molecule has 0 aliphatic carbocycles. The van der Waals surface area contributed by atoms with E-state index < -0.39 is 5.41 Å². The number of hydrogen-bond acceptors (Lipinski definition) is 2. The Morgan fingerprint density at radius 1 is 1.50 bits per heavy atom. The number of amides is 1. The summed E-state index contributed by atoms with van der Waals surface area (Å²) in [5, 5.41) is 2.89. The first-order chi connectivity index (χ1) is 6.56. The SMILES string of the molecule is CC(C)C1(C)C(=O)Nc2ccncc21. The Labute approximate surface area is 83.5 Å². The van der Waals surface area contributed by atoms with Gasteiger partial charge in [-0.15, -0.1) is 0 Å². The van der Waals surface area contributed by atoms with E-state index in [-0.39, 0.29) is 11.8 Å². The number of fused-ring (bicyclic) bond motifs is 1. The van der Waals surface area contributed by atoms with E-state index in [0.29, 0.717) is 0 Å². The average molecular weight is 190 g/mol. The molecule has 0 saturated heterocycles.